The lowest BCUT2D eigenvalue weighted by Crippen LogP contribution is -2.34. The average Bonchev–Trinajstić information content (AvgIpc) is 2.78. The van der Waals surface area contributed by atoms with E-state index in [1.807, 2.05) is 27.8 Å². The molecule has 1 aliphatic heterocycles. The van der Waals surface area contributed by atoms with Gasteiger partial charge in [-0.05, 0) is 33.6 Å². The van der Waals surface area contributed by atoms with Crippen LogP contribution < -0.4 is 5.32 Å². The number of allylic oxidation sites excluding steroid dienone is 3. The summed E-state index contributed by atoms with van der Waals surface area (Å²) < 4.78 is 6.81. The Hall–Kier alpha value is -2.37. The maximum atomic E-state index is 12.7. The van der Waals surface area contributed by atoms with E-state index in [2.05, 4.69) is 10.4 Å². The van der Waals surface area contributed by atoms with Gasteiger partial charge in [0.2, 0.25) is 0 Å². The molecule has 1 aromatic heterocycles. The van der Waals surface area contributed by atoms with Crippen molar-refractivity contribution in [2.75, 3.05) is 7.11 Å². The molecule has 24 heavy (non-hydrogen) atoms. The SMILES string of the molecule is COC(=O)C1=C(C)NC2=C(C(=O)CCC2)C1c1c(C)nn(C)c1C. The fraction of sp³-hybridized carbons (Fsp3) is 0.500. The third-order valence-electron chi connectivity index (χ3n) is 5.03. The minimum atomic E-state index is -0.407. The van der Waals surface area contributed by atoms with Gasteiger partial charge in [0.1, 0.15) is 0 Å². The molecule has 0 radical (unpaired) electrons. The van der Waals surface area contributed by atoms with Gasteiger partial charge in [-0.3, -0.25) is 9.48 Å². The van der Waals surface area contributed by atoms with Crippen LogP contribution in [0, 0.1) is 13.8 Å². The van der Waals surface area contributed by atoms with Gasteiger partial charge in [-0.2, -0.15) is 5.10 Å². The van der Waals surface area contributed by atoms with Crippen LogP contribution in [0.15, 0.2) is 22.5 Å². The predicted octanol–water partition coefficient (Wildman–Crippen LogP) is 2.18. The molecule has 1 aliphatic carbocycles. The van der Waals surface area contributed by atoms with Crippen molar-refractivity contribution in [3.8, 4) is 0 Å². The fourth-order valence-corrected chi connectivity index (χ4v) is 3.86. The van der Waals surface area contributed by atoms with Crippen molar-refractivity contribution in [3.05, 3.63) is 39.5 Å². The topological polar surface area (TPSA) is 73.2 Å². The van der Waals surface area contributed by atoms with Crippen molar-refractivity contribution >= 4 is 11.8 Å². The molecule has 0 aromatic carbocycles. The zero-order valence-corrected chi connectivity index (χ0v) is 14.8. The van der Waals surface area contributed by atoms with E-state index < -0.39 is 11.9 Å². The quantitative estimate of drug-likeness (QED) is 0.842. The number of nitrogens with zero attached hydrogens (tertiary/aromatic N) is 2. The Morgan fingerprint density at radius 1 is 1.29 bits per heavy atom. The summed E-state index contributed by atoms with van der Waals surface area (Å²) in [5.41, 5.74) is 5.62. The standard InChI is InChI=1S/C18H23N3O3/c1-9-15(18(23)24-5)17(14-10(2)20-21(4)11(14)3)16-12(19-9)7-6-8-13(16)22/h17,19H,6-8H2,1-5H3. The lowest BCUT2D eigenvalue weighted by atomic mass is 9.74. The Balaban J connectivity index is 2.28. The Morgan fingerprint density at radius 2 is 2.00 bits per heavy atom. The van der Waals surface area contributed by atoms with Crippen LogP contribution in [-0.2, 0) is 21.4 Å². The van der Waals surface area contributed by atoms with E-state index in [1.54, 1.807) is 4.68 Å². The number of carbonyl (C=O) groups excluding carboxylic acids is 2. The third-order valence-corrected chi connectivity index (χ3v) is 5.03. The molecule has 0 amide bonds. The molecule has 0 saturated heterocycles. The second-order valence-corrected chi connectivity index (χ2v) is 6.47. The molecule has 6 heteroatoms. The molecular weight excluding hydrogens is 306 g/mol. The number of ether oxygens (including phenoxy) is 1. The highest BCUT2D eigenvalue weighted by atomic mass is 16.5. The van der Waals surface area contributed by atoms with E-state index in [1.165, 1.54) is 7.11 Å². The maximum Gasteiger partial charge on any atom is 0.336 e. The molecule has 1 atom stereocenters. The zero-order valence-electron chi connectivity index (χ0n) is 14.8. The van der Waals surface area contributed by atoms with Crippen LogP contribution in [0.1, 0.15) is 49.1 Å². The Bertz CT molecular complexity index is 799. The van der Waals surface area contributed by atoms with Gasteiger partial charge >= 0.3 is 5.97 Å². The van der Waals surface area contributed by atoms with E-state index in [0.717, 1.165) is 41.2 Å². The molecule has 3 rings (SSSR count). The highest BCUT2D eigenvalue weighted by Crippen LogP contribution is 2.44. The van der Waals surface area contributed by atoms with Gasteiger partial charge in [-0.1, -0.05) is 0 Å². The van der Waals surface area contributed by atoms with Crippen molar-refractivity contribution < 1.29 is 14.3 Å². The van der Waals surface area contributed by atoms with E-state index in [0.29, 0.717) is 17.6 Å². The van der Waals surface area contributed by atoms with Crippen LogP contribution >= 0.6 is 0 Å². The molecule has 1 aromatic rings. The number of ketones is 1. The molecular formula is C18H23N3O3. The summed E-state index contributed by atoms with van der Waals surface area (Å²) in [4.78, 5) is 25.2. The molecule has 0 spiro atoms. The Morgan fingerprint density at radius 3 is 2.58 bits per heavy atom. The van der Waals surface area contributed by atoms with Crippen molar-refractivity contribution in [2.24, 2.45) is 7.05 Å². The zero-order chi connectivity index (χ0) is 17.6. The number of rotatable bonds is 2. The fourth-order valence-electron chi connectivity index (χ4n) is 3.86. The number of hydrogen-bond acceptors (Lipinski definition) is 5. The van der Waals surface area contributed by atoms with Crippen molar-refractivity contribution in [2.45, 2.75) is 46.0 Å². The largest absolute Gasteiger partial charge is 0.466 e. The summed E-state index contributed by atoms with van der Waals surface area (Å²) in [5, 5.41) is 7.75. The summed E-state index contributed by atoms with van der Waals surface area (Å²) in [7, 11) is 3.24. The van der Waals surface area contributed by atoms with Crippen molar-refractivity contribution in [3.63, 3.8) is 0 Å². The summed E-state index contributed by atoms with van der Waals surface area (Å²) in [5.74, 6) is -0.710. The number of aryl methyl sites for hydroxylation is 2. The first kappa shape index (κ1) is 16.5. The number of nitrogens with one attached hydrogen (secondary N) is 1. The van der Waals surface area contributed by atoms with Gasteiger partial charge in [0.15, 0.2) is 5.78 Å². The molecule has 1 unspecified atom stereocenters. The van der Waals surface area contributed by atoms with Crippen molar-refractivity contribution in [1.82, 2.24) is 15.1 Å². The van der Waals surface area contributed by atoms with Gasteiger partial charge in [-0.25, -0.2) is 4.79 Å². The molecule has 6 nitrogen and oxygen atoms in total. The van der Waals surface area contributed by atoms with Gasteiger partial charge < -0.3 is 10.1 Å². The number of esters is 1. The van der Waals surface area contributed by atoms with Gasteiger partial charge in [0, 0.05) is 41.7 Å². The number of hydrogen-bond donors (Lipinski definition) is 1. The van der Waals surface area contributed by atoms with Gasteiger partial charge in [0.25, 0.3) is 0 Å². The molecule has 0 fully saturated rings. The van der Waals surface area contributed by atoms with E-state index in [-0.39, 0.29) is 5.78 Å². The first-order valence-electron chi connectivity index (χ1n) is 8.19. The van der Waals surface area contributed by atoms with Gasteiger partial charge in [0.05, 0.1) is 24.3 Å². The highest BCUT2D eigenvalue weighted by molar-refractivity contribution is 6.03. The molecule has 0 bridgehead atoms. The minimum absolute atomic E-state index is 0.102. The number of carbonyl (C=O) groups is 2. The average molecular weight is 329 g/mol. The molecule has 0 saturated carbocycles. The molecule has 128 valence electrons. The Kier molecular flexibility index (Phi) is 4.07. The summed E-state index contributed by atoms with van der Waals surface area (Å²) in [6.07, 6.45) is 2.17. The van der Waals surface area contributed by atoms with Crippen LogP contribution in [-0.4, -0.2) is 28.6 Å². The second kappa shape index (κ2) is 5.92. The predicted molar refractivity (Wildman–Crippen MR) is 89.2 cm³/mol. The first-order chi connectivity index (χ1) is 11.4. The second-order valence-electron chi connectivity index (χ2n) is 6.47. The third kappa shape index (κ3) is 2.37. The number of dihydropyridines is 1. The maximum absolute atomic E-state index is 12.7. The van der Waals surface area contributed by atoms with Crippen LogP contribution in [0.4, 0.5) is 0 Å². The Labute approximate surface area is 141 Å². The normalized spacial score (nSPS) is 20.9. The summed E-state index contributed by atoms with van der Waals surface area (Å²) in [6, 6.07) is 0. The molecule has 1 N–H and O–H groups in total. The van der Waals surface area contributed by atoms with E-state index >= 15 is 0 Å². The number of Topliss-reactive ketones (excluding diaryl/α,β-unsaturated/α-hetero) is 1. The van der Waals surface area contributed by atoms with E-state index in [4.69, 9.17) is 4.74 Å². The smallest absolute Gasteiger partial charge is 0.336 e. The van der Waals surface area contributed by atoms with Crippen LogP contribution in [0.2, 0.25) is 0 Å². The van der Waals surface area contributed by atoms with Crippen LogP contribution in [0.25, 0.3) is 0 Å². The van der Waals surface area contributed by atoms with E-state index in [9.17, 15) is 9.59 Å². The first-order valence-corrected chi connectivity index (χ1v) is 8.19. The highest BCUT2D eigenvalue weighted by Gasteiger charge is 2.41. The van der Waals surface area contributed by atoms with Crippen LogP contribution in [0.3, 0.4) is 0 Å². The monoisotopic (exact) mass is 329 g/mol. The number of methoxy groups -OCH3 is 1. The summed E-state index contributed by atoms with van der Waals surface area (Å²) >= 11 is 0. The lowest BCUT2D eigenvalue weighted by molar-refractivity contribution is -0.136. The molecule has 2 aliphatic rings. The van der Waals surface area contributed by atoms with Crippen LogP contribution in [0.5, 0.6) is 0 Å². The molecule has 2 heterocycles. The lowest BCUT2D eigenvalue weighted by Gasteiger charge is -2.34. The van der Waals surface area contributed by atoms with Crippen molar-refractivity contribution in [1.29, 1.82) is 0 Å². The summed E-state index contributed by atoms with van der Waals surface area (Å²) in [6.45, 7) is 5.75. The van der Waals surface area contributed by atoms with Gasteiger partial charge in [-0.15, -0.1) is 0 Å². The minimum Gasteiger partial charge on any atom is -0.466 e. The number of aromatic nitrogens is 2.